The fourth-order valence-corrected chi connectivity index (χ4v) is 3.97. The van der Waals surface area contributed by atoms with Crippen LogP contribution in [0, 0.1) is 6.92 Å². The van der Waals surface area contributed by atoms with Crippen molar-refractivity contribution in [2.75, 3.05) is 31.2 Å². The molecule has 8 heteroatoms. The molecule has 1 heterocycles. The van der Waals surface area contributed by atoms with Crippen LogP contribution in [-0.2, 0) is 15.6 Å². The molecule has 0 bridgehead atoms. The fourth-order valence-electron chi connectivity index (χ4n) is 2.12. The molecule has 2 rings (SSSR count). The second-order valence-corrected chi connectivity index (χ2v) is 7.96. The van der Waals surface area contributed by atoms with E-state index >= 15 is 0 Å². The largest absolute Gasteiger partial charge is 0.310 e. The second kappa shape index (κ2) is 9.29. The van der Waals surface area contributed by atoms with Gasteiger partial charge in [0.2, 0.25) is 5.91 Å². The zero-order valence-electron chi connectivity index (χ0n) is 14.0. The van der Waals surface area contributed by atoms with Crippen LogP contribution in [-0.4, -0.2) is 45.9 Å². The Kier molecular flexibility index (Phi) is 7.38. The van der Waals surface area contributed by atoms with Gasteiger partial charge in [0.1, 0.15) is 5.82 Å². The van der Waals surface area contributed by atoms with Gasteiger partial charge in [-0.05, 0) is 44.3 Å². The minimum absolute atomic E-state index is 0.174. The highest BCUT2D eigenvalue weighted by atomic mass is 35.5. The van der Waals surface area contributed by atoms with E-state index in [1.54, 1.807) is 36.2 Å². The van der Waals surface area contributed by atoms with E-state index in [9.17, 15) is 9.00 Å². The highest BCUT2D eigenvalue weighted by Crippen LogP contribution is 2.23. The van der Waals surface area contributed by atoms with E-state index in [0.717, 1.165) is 5.69 Å². The summed E-state index contributed by atoms with van der Waals surface area (Å²) >= 11 is 12.0. The molecular formula is C17H19Cl2N3O2S. The molecule has 0 spiro atoms. The van der Waals surface area contributed by atoms with Crippen molar-refractivity contribution in [3.63, 3.8) is 0 Å². The molecule has 1 atom stereocenters. The first-order valence-corrected chi connectivity index (χ1v) is 9.68. The minimum atomic E-state index is -1.28. The lowest BCUT2D eigenvalue weighted by Crippen LogP contribution is -2.33. The van der Waals surface area contributed by atoms with Crippen LogP contribution in [0.25, 0.3) is 0 Å². The normalized spacial score (nSPS) is 12.2. The Balaban J connectivity index is 1.83. The molecule has 0 saturated carbocycles. The molecule has 1 unspecified atom stereocenters. The minimum Gasteiger partial charge on any atom is -0.310 e. The van der Waals surface area contributed by atoms with Gasteiger partial charge < -0.3 is 5.32 Å². The third kappa shape index (κ3) is 6.40. The summed E-state index contributed by atoms with van der Waals surface area (Å²) in [7, 11) is 0.508. The number of carbonyl (C=O) groups is 1. The highest BCUT2D eigenvalue weighted by molar-refractivity contribution is 7.85. The van der Waals surface area contributed by atoms with Crippen LogP contribution in [0.1, 0.15) is 5.69 Å². The number of hydrogen-bond donors (Lipinski definition) is 1. The lowest BCUT2D eigenvalue weighted by atomic mass is 10.3. The molecule has 1 N–H and O–H groups in total. The van der Waals surface area contributed by atoms with Crippen molar-refractivity contribution in [2.45, 2.75) is 11.8 Å². The van der Waals surface area contributed by atoms with Crippen LogP contribution in [0.3, 0.4) is 0 Å². The molecule has 0 aliphatic heterocycles. The van der Waals surface area contributed by atoms with Crippen molar-refractivity contribution in [1.29, 1.82) is 0 Å². The van der Waals surface area contributed by atoms with Crippen molar-refractivity contribution >= 4 is 45.7 Å². The maximum Gasteiger partial charge on any atom is 0.239 e. The van der Waals surface area contributed by atoms with E-state index < -0.39 is 10.8 Å². The van der Waals surface area contributed by atoms with Gasteiger partial charge in [-0.1, -0.05) is 29.3 Å². The third-order valence-corrected chi connectivity index (χ3v) is 5.42. The predicted octanol–water partition coefficient (Wildman–Crippen LogP) is 3.37. The zero-order chi connectivity index (χ0) is 18.4. The molecule has 25 heavy (non-hydrogen) atoms. The summed E-state index contributed by atoms with van der Waals surface area (Å²) in [4.78, 5) is 18.6. The Morgan fingerprint density at radius 2 is 2.04 bits per heavy atom. The number of rotatable bonds is 7. The van der Waals surface area contributed by atoms with Crippen molar-refractivity contribution in [3.05, 3.63) is 52.1 Å². The van der Waals surface area contributed by atoms with Crippen LogP contribution in [0.2, 0.25) is 10.0 Å². The monoisotopic (exact) mass is 399 g/mol. The maximum atomic E-state index is 12.4. The van der Waals surface area contributed by atoms with Gasteiger partial charge in [0.05, 0.1) is 27.3 Å². The zero-order valence-corrected chi connectivity index (χ0v) is 16.3. The number of benzene rings is 1. The Hall–Kier alpha value is -1.47. The van der Waals surface area contributed by atoms with Crippen LogP contribution in [0.15, 0.2) is 41.3 Å². The fraction of sp³-hybridized carbons (Fsp3) is 0.294. The number of aryl methyl sites for hydroxylation is 1. The molecule has 134 valence electrons. The van der Waals surface area contributed by atoms with E-state index in [1.807, 2.05) is 19.1 Å². The average Bonchev–Trinajstić information content (AvgIpc) is 2.54. The highest BCUT2D eigenvalue weighted by Gasteiger charge is 2.13. The summed E-state index contributed by atoms with van der Waals surface area (Å²) in [6.45, 7) is 2.51. The number of aromatic nitrogens is 1. The van der Waals surface area contributed by atoms with Gasteiger partial charge in [-0.3, -0.25) is 13.9 Å². The number of hydrogen-bond acceptors (Lipinski definition) is 4. The molecule has 0 radical (unpaired) electrons. The molecule has 2 aromatic rings. The number of nitrogens with zero attached hydrogens (tertiary/aromatic N) is 2. The Morgan fingerprint density at radius 1 is 1.28 bits per heavy atom. The van der Waals surface area contributed by atoms with Crippen molar-refractivity contribution in [3.8, 4) is 0 Å². The van der Waals surface area contributed by atoms with Crippen LogP contribution >= 0.6 is 23.2 Å². The topological polar surface area (TPSA) is 62.3 Å². The van der Waals surface area contributed by atoms with Crippen LogP contribution in [0.5, 0.6) is 0 Å². The van der Waals surface area contributed by atoms with E-state index in [0.29, 0.717) is 33.1 Å². The van der Waals surface area contributed by atoms with E-state index in [4.69, 9.17) is 23.2 Å². The Labute approximate surface area is 159 Å². The molecular weight excluding hydrogens is 381 g/mol. The SMILES string of the molecule is Cc1cccc(NC(=O)CN(C)CCS(=O)c2cc(Cl)ccc2Cl)n1. The molecule has 1 aromatic carbocycles. The molecule has 5 nitrogen and oxygen atoms in total. The second-order valence-electron chi connectivity index (χ2n) is 5.57. The maximum absolute atomic E-state index is 12.4. The molecule has 0 fully saturated rings. The number of amides is 1. The predicted molar refractivity (Wildman–Crippen MR) is 103 cm³/mol. The molecule has 1 amide bonds. The quantitative estimate of drug-likeness (QED) is 0.774. The summed E-state index contributed by atoms with van der Waals surface area (Å²) in [6.07, 6.45) is 0. The van der Waals surface area contributed by atoms with Gasteiger partial charge in [-0.25, -0.2) is 4.98 Å². The smallest absolute Gasteiger partial charge is 0.239 e. The molecule has 0 saturated heterocycles. The Bertz CT molecular complexity index is 786. The van der Waals surface area contributed by atoms with Gasteiger partial charge in [-0.2, -0.15) is 0 Å². The molecule has 0 aliphatic carbocycles. The number of anilines is 1. The van der Waals surface area contributed by atoms with Crippen molar-refractivity contribution in [1.82, 2.24) is 9.88 Å². The number of carbonyl (C=O) groups excluding carboxylic acids is 1. The first-order chi connectivity index (χ1) is 11.8. The van der Waals surface area contributed by atoms with Gasteiger partial charge in [0, 0.05) is 23.0 Å². The summed E-state index contributed by atoms with van der Waals surface area (Å²) in [6, 6.07) is 10.3. The van der Waals surface area contributed by atoms with Crippen molar-refractivity contribution in [2.24, 2.45) is 0 Å². The summed E-state index contributed by atoms with van der Waals surface area (Å²) < 4.78 is 12.4. The first-order valence-electron chi connectivity index (χ1n) is 7.60. The van der Waals surface area contributed by atoms with Crippen LogP contribution < -0.4 is 5.32 Å². The number of likely N-dealkylation sites (N-methyl/N-ethyl adjacent to an activating group) is 1. The number of nitrogens with one attached hydrogen (secondary N) is 1. The molecule has 0 aliphatic rings. The summed E-state index contributed by atoms with van der Waals surface area (Å²) in [5.41, 5.74) is 0.833. The standard InChI is InChI=1S/C17H19Cl2N3O2S/c1-12-4-3-5-16(20-12)21-17(23)11-22(2)8-9-25(24)15-10-13(18)6-7-14(15)19/h3-7,10H,8-9,11H2,1-2H3,(H,20,21,23). The Morgan fingerprint density at radius 3 is 2.76 bits per heavy atom. The number of pyridine rings is 1. The van der Waals surface area contributed by atoms with Gasteiger partial charge >= 0.3 is 0 Å². The van der Waals surface area contributed by atoms with E-state index in [1.165, 1.54) is 0 Å². The van der Waals surface area contributed by atoms with Crippen LogP contribution in [0.4, 0.5) is 5.82 Å². The van der Waals surface area contributed by atoms with Gasteiger partial charge in [0.15, 0.2) is 0 Å². The lowest BCUT2D eigenvalue weighted by Gasteiger charge is -2.16. The van der Waals surface area contributed by atoms with E-state index in [2.05, 4.69) is 10.3 Å². The third-order valence-electron chi connectivity index (χ3n) is 3.37. The summed E-state index contributed by atoms with van der Waals surface area (Å²) in [5, 5.41) is 3.66. The van der Waals surface area contributed by atoms with Crippen molar-refractivity contribution < 1.29 is 9.00 Å². The first kappa shape index (κ1) is 19.8. The van der Waals surface area contributed by atoms with Gasteiger partial charge in [-0.15, -0.1) is 0 Å². The summed E-state index contributed by atoms with van der Waals surface area (Å²) in [5.74, 6) is 0.701. The average molecular weight is 400 g/mol. The van der Waals surface area contributed by atoms with Gasteiger partial charge in [0.25, 0.3) is 0 Å². The lowest BCUT2D eigenvalue weighted by molar-refractivity contribution is -0.117. The van der Waals surface area contributed by atoms with E-state index in [-0.39, 0.29) is 12.5 Å². The molecule has 1 aromatic heterocycles. The number of halogens is 2.